The molecule has 2 nitrogen and oxygen atoms in total. The van der Waals surface area contributed by atoms with E-state index in [-0.39, 0.29) is 0 Å². The van der Waals surface area contributed by atoms with Crippen LogP contribution in [0.4, 0.5) is 0 Å². The Morgan fingerprint density at radius 1 is 1.58 bits per heavy atom. The van der Waals surface area contributed by atoms with E-state index < -0.39 is 0 Å². The third-order valence-corrected chi connectivity index (χ3v) is 1.87. The summed E-state index contributed by atoms with van der Waals surface area (Å²) in [4.78, 5) is 4.25. The standard InChI is InChI=1S/C7H10N2S.C2H6/c1-4-9-5-6(2)8-7(9)10-3;1-2/h4-5H,1H2,2-3H3;1-2H3. The van der Waals surface area contributed by atoms with E-state index in [2.05, 4.69) is 11.6 Å². The maximum absolute atomic E-state index is 4.25. The Hall–Kier alpha value is -0.700. The van der Waals surface area contributed by atoms with Crippen LogP contribution < -0.4 is 0 Å². The second kappa shape index (κ2) is 5.89. The summed E-state index contributed by atoms with van der Waals surface area (Å²) < 4.78 is 1.92. The van der Waals surface area contributed by atoms with Gasteiger partial charge in [-0.05, 0) is 13.2 Å². The number of hydrogen-bond donors (Lipinski definition) is 0. The number of imidazole rings is 1. The molecule has 0 saturated heterocycles. The number of thioether (sulfide) groups is 1. The molecule has 1 rings (SSSR count). The van der Waals surface area contributed by atoms with Crippen molar-refractivity contribution in [1.29, 1.82) is 0 Å². The molecule has 68 valence electrons. The van der Waals surface area contributed by atoms with Gasteiger partial charge in [-0.15, -0.1) is 0 Å². The van der Waals surface area contributed by atoms with E-state index in [0.717, 1.165) is 10.9 Å². The molecule has 0 N–H and O–H groups in total. The summed E-state index contributed by atoms with van der Waals surface area (Å²) in [7, 11) is 0. The highest BCUT2D eigenvalue weighted by molar-refractivity contribution is 7.98. The minimum absolute atomic E-state index is 0.993. The molecule has 0 bridgehead atoms. The smallest absolute Gasteiger partial charge is 0.172 e. The van der Waals surface area contributed by atoms with Crippen molar-refractivity contribution in [3.8, 4) is 0 Å². The molecular formula is C9H16N2S. The van der Waals surface area contributed by atoms with Crippen molar-refractivity contribution >= 4 is 18.0 Å². The molecule has 0 unspecified atom stereocenters. The molecule has 0 spiro atoms. The van der Waals surface area contributed by atoms with Crippen molar-refractivity contribution in [2.24, 2.45) is 0 Å². The van der Waals surface area contributed by atoms with Crippen LogP contribution in [0.3, 0.4) is 0 Å². The number of hydrogen-bond acceptors (Lipinski definition) is 2. The maximum Gasteiger partial charge on any atom is 0.172 e. The van der Waals surface area contributed by atoms with Gasteiger partial charge in [0.1, 0.15) is 0 Å². The Balaban J connectivity index is 0.000000561. The van der Waals surface area contributed by atoms with Crippen LogP contribution in [-0.2, 0) is 0 Å². The Morgan fingerprint density at radius 2 is 2.17 bits per heavy atom. The molecule has 0 amide bonds. The first kappa shape index (κ1) is 11.3. The topological polar surface area (TPSA) is 17.8 Å². The Bertz CT molecular complexity index is 241. The monoisotopic (exact) mass is 184 g/mol. The van der Waals surface area contributed by atoms with E-state index in [1.807, 2.05) is 37.8 Å². The SMILES string of the molecule is C=Cn1cc(C)nc1SC.CC. The average molecular weight is 184 g/mol. The fraction of sp³-hybridized carbons (Fsp3) is 0.444. The quantitative estimate of drug-likeness (QED) is 0.657. The molecule has 0 aromatic carbocycles. The fourth-order valence-electron chi connectivity index (χ4n) is 0.776. The molecule has 0 aliphatic carbocycles. The maximum atomic E-state index is 4.25. The second-order valence-corrected chi connectivity index (χ2v) is 2.73. The van der Waals surface area contributed by atoms with Gasteiger partial charge in [-0.2, -0.15) is 0 Å². The van der Waals surface area contributed by atoms with Crippen LogP contribution in [0, 0.1) is 6.92 Å². The predicted octanol–water partition coefficient (Wildman–Crippen LogP) is 3.04. The van der Waals surface area contributed by atoms with Crippen LogP contribution in [0.15, 0.2) is 17.9 Å². The van der Waals surface area contributed by atoms with Crippen molar-refractivity contribution in [3.05, 3.63) is 18.5 Å². The first-order chi connectivity index (χ1) is 5.77. The Labute approximate surface area is 78.7 Å². The molecule has 0 saturated carbocycles. The van der Waals surface area contributed by atoms with E-state index >= 15 is 0 Å². The molecule has 12 heavy (non-hydrogen) atoms. The third-order valence-electron chi connectivity index (χ3n) is 1.20. The number of aromatic nitrogens is 2. The largest absolute Gasteiger partial charge is 0.302 e. The summed E-state index contributed by atoms with van der Waals surface area (Å²) in [5, 5.41) is 0.993. The van der Waals surface area contributed by atoms with Gasteiger partial charge in [-0.3, -0.25) is 0 Å². The van der Waals surface area contributed by atoms with Crippen molar-refractivity contribution in [3.63, 3.8) is 0 Å². The van der Waals surface area contributed by atoms with Gasteiger partial charge in [0.2, 0.25) is 0 Å². The number of nitrogens with zero attached hydrogens (tertiary/aromatic N) is 2. The summed E-state index contributed by atoms with van der Waals surface area (Å²) in [5.74, 6) is 0. The van der Waals surface area contributed by atoms with Gasteiger partial charge < -0.3 is 4.57 Å². The van der Waals surface area contributed by atoms with Gasteiger partial charge in [0.15, 0.2) is 5.16 Å². The van der Waals surface area contributed by atoms with E-state index in [0.29, 0.717) is 0 Å². The number of rotatable bonds is 2. The van der Waals surface area contributed by atoms with Crippen molar-refractivity contribution in [2.75, 3.05) is 6.26 Å². The predicted molar refractivity (Wildman–Crippen MR) is 56.5 cm³/mol. The molecule has 0 atom stereocenters. The normalized spacial score (nSPS) is 8.67. The van der Waals surface area contributed by atoms with Crippen LogP contribution in [-0.4, -0.2) is 15.8 Å². The molecular weight excluding hydrogens is 168 g/mol. The zero-order valence-corrected chi connectivity index (χ0v) is 8.98. The van der Waals surface area contributed by atoms with Crippen molar-refractivity contribution in [2.45, 2.75) is 25.9 Å². The van der Waals surface area contributed by atoms with Crippen molar-refractivity contribution in [1.82, 2.24) is 9.55 Å². The molecule has 1 aromatic heterocycles. The van der Waals surface area contributed by atoms with Gasteiger partial charge in [0, 0.05) is 12.4 Å². The second-order valence-electron chi connectivity index (χ2n) is 1.96. The van der Waals surface area contributed by atoms with E-state index in [9.17, 15) is 0 Å². The summed E-state index contributed by atoms with van der Waals surface area (Å²) >= 11 is 1.62. The lowest BCUT2D eigenvalue weighted by Gasteiger charge is -1.93. The minimum atomic E-state index is 0.993. The lowest BCUT2D eigenvalue weighted by Crippen LogP contribution is -1.83. The van der Waals surface area contributed by atoms with Crippen LogP contribution in [0.2, 0.25) is 0 Å². The fourth-order valence-corrected chi connectivity index (χ4v) is 1.35. The van der Waals surface area contributed by atoms with E-state index in [1.54, 1.807) is 18.0 Å². The Morgan fingerprint density at radius 3 is 2.50 bits per heavy atom. The van der Waals surface area contributed by atoms with E-state index in [1.165, 1.54) is 0 Å². The molecule has 1 heterocycles. The highest BCUT2D eigenvalue weighted by Crippen LogP contribution is 2.13. The Kier molecular flexibility index (Phi) is 5.54. The van der Waals surface area contributed by atoms with Gasteiger partial charge in [-0.25, -0.2) is 4.98 Å². The lowest BCUT2D eigenvalue weighted by atomic mass is 10.6. The lowest BCUT2D eigenvalue weighted by molar-refractivity contribution is 0.944. The molecule has 3 heteroatoms. The third kappa shape index (κ3) is 2.74. The molecule has 0 fully saturated rings. The highest BCUT2D eigenvalue weighted by atomic mass is 32.2. The molecule has 0 aliphatic heterocycles. The van der Waals surface area contributed by atoms with Gasteiger partial charge in [-0.1, -0.05) is 32.2 Å². The summed E-state index contributed by atoms with van der Waals surface area (Å²) in [6.07, 6.45) is 5.71. The first-order valence-corrected chi connectivity index (χ1v) is 5.22. The van der Waals surface area contributed by atoms with Crippen LogP contribution >= 0.6 is 11.8 Å². The zero-order chi connectivity index (χ0) is 9.56. The summed E-state index contributed by atoms with van der Waals surface area (Å²) in [5.41, 5.74) is 1.03. The van der Waals surface area contributed by atoms with Crippen molar-refractivity contribution < 1.29 is 0 Å². The van der Waals surface area contributed by atoms with Crippen LogP contribution in [0.5, 0.6) is 0 Å². The van der Waals surface area contributed by atoms with Gasteiger partial charge in [0.25, 0.3) is 0 Å². The summed E-state index contributed by atoms with van der Waals surface area (Å²) in [6, 6.07) is 0. The first-order valence-electron chi connectivity index (χ1n) is 4.00. The van der Waals surface area contributed by atoms with Crippen LogP contribution in [0.25, 0.3) is 6.20 Å². The highest BCUT2D eigenvalue weighted by Gasteiger charge is 1.98. The minimum Gasteiger partial charge on any atom is -0.302 e. The van der Waals surface area contributed by atoms with Crippen LogP contribution in [0.1, 0.15) is 19.5 Å². The van der Waals surface area contributed by atoms with Gasteiger partial charge in [0.05, 0.1) is 5.69 Å². The summed E-state index contributed by atoms with van der Waals surface area (Å²) in [6.45, 7) is 9.63. The average Bonchev–Trinajstić information content (AvgIpc) is 2.49. The number of aryl methyl sites for hydroxylation is 1. The molecule has 0 aliphatic rings. The van der Waals surface area contributed by atoms with E-state index in [4.69, 9.17) is 0 Å². The van der Waals surface area contributed by atoms with Gasteiger partial charge >= 0.3 is 0 Å². The molecule has 1 aromatic rings. The zero-order valence-electron chi connectivity index (χ0n) is 8.16. The molecule has 0 radical (unpaired) electrons.